The minimum Gasteiger partial charge on any atom is -0.454 e. The van der Waals surface area contributed by atoms with Gasteiger partial charge >= 0.3 is 0 Å². The molecular weight excluding hydrogens is 464 g/mol. The molecule has 2 aromatic heterocycles. The van der Waals surface area contributed by atoms with Crippen LogP contribution in [0, 0.1) is 0 Å². The second-order valence-electron chi connectivity index (χ2n) is 9.72. The van der Waals surface area contributed by atoms with Crippen molar-refractivity contribution >= 4 is 65.6 Å². The van der Waals surface area contributed by atoms with Crippen LogP contribution in [0.25, 0.3) is 65.4 Å². The predicted molar refractivity (Wildman–Crippen MR) is 159 cm³/mol. The molecule has 0 unspecified atom stereocenters. The first-order valence-corrected chi connectivity index (χ1v) is 12.8. The van der Waals surface area contributed by atoms with Crippen LogP contribution in [0.2, 0.25) is 0 Å². The second kappa shape index (κ2) is 8.19. The third-order valence-electron chi connectivity index (χ3n) is 7.53. The number of hydrogen-bond acceptors (Lipinski definition) is 3. The maximum absolute atomic E-state index is 6.15. The van der Waals surface area contributed by atoms with Crippen molar-refractivity contribution in [3.05, 3.63) is 128 Å². The maximum Gasteiger partial charge on any atom is 0.161 e. The number of furan rings is 1. The Morgan fingerprint density at radius 3 is 1.76 bits per heavy atom. The monoisotopic (exact) mass is 486 g/mol. The SMILES string of the molecule is c1ccc2c(c1)oc1c(Nc3ccc(-c4ccc5c6ccccc6c6ccccc6c5c4)cc3)cncc12. The molecule has 1 N–H and O–H groups in total. The van der Waals surface area contributed by atoms with E-state index in [2.05, 4.69) is 107 Å². The van der Waals surface area contributed by atoms with Gasteiger partial charge in [-0.15, -0.1) is 0 Å². The smallest absolute Gasteiger partial charge is 0.161 e. The summed E-state index contributed by atoms with van der Waals surface area (Å²) in [5, 5.41) is 13.3. The van der Waals surface area contributed by atoms with Gasteiger partial charge in [0.05, 0.1) is 6.20 Å². The fourth-order valence-electron chi connectivity index (χ4n) is 5.72. The molecule has 0 bridgehead atoms. The predicted octanol–water partition coefficient (Wildman–Crippen LogP) is 9.85. The Bertz CT molecular complexity index is 2120. The summed E-state index contributed by atoms with van der Waals surface area (Å²) in [5.41, 5.74) is 5.90. The topological polar surface area (TPSA) is 38.1 Å². The highest BCUT2D eigenvalue weighted by atomic mass is 16.3. The largest absolute Gasteiger partial charge is 0.454 e. The number of pyridine rings is 1. The van der Waals surface area contributed by atoms with Crippen LogP contribution in [0.5, 0.6) is 0 Å². The highest BCUT2D eigenvalue weighted by molar-refractivity contribution is 6.25. The van der Waals surface area contributed by atoms with Gasteiger partial charge in [0, 0.05) is 22.7 Å². The fourth-order valence-corrected chi connectivity index (χ4v) is 5.72. The molecule has 8 rings (SSSR count). The number of rotatable bonds is 3. The third kappa shape index (κ3) is 3.19. The lowest BCUT2D eigenvalue weighted by Crippen LogP contribution is -1.92. The molecule has 0 atom stereocenters. The Kier molecular flexibility index (Phi) is 4.52. The van der Waals surface area contributed by atoms with E-state index in [0.717, 1.165) is 33.3 Å². The average molecular weight is 487 g/mol. The molecule has 0 fully saturated rings. The van der Waals surface area contributed by atoms with Gasteiger partial charge in [-0.2, -0.15) is 0 Å². The van der Waals surface area contributed by atoms with Crippen LogP contribution in [0.1, 0.15) is 0 Å². The average Bonchev–Trinajstić information content (AvgIpc) is 3.37. The molecule has 0 aliphatic rings. The number of nitrogens with zero attached hydrogens (tertiary/aromatic N) is 1. The Labute approximate surface area is 219 Å². The summed E-state index contributed by atoms with van der Waals surface area (Å²) in [7, 11) is 0. The molecular formula is C35H22N2O. The van der Waals surface area contributed by atoms with Crippen LogP contribution < -0.4 is 5.32 Å². The van der Waals surface area contributed by atoms with Gasteiger partial charge in [0.2, 0.25) is 0 Å². The normalized spacial score (nSPS) is 11.7. The molecule has 0 amide bonds. The first-order valence-electron chi connectivity index (χ1n) is 12.8. The number of para-hydroxylation sites is 1. The molecule has 0 radical (unpaired) electrons. The molecule has 2 heterocycles. The quantitative estimate of drug-likeness (QED) is 0.253. The lowest BCUT2D eigenvalue weighted by Gasteiger charge is -2.12. The van der Waals surface area contributed by atoms with Crippen molar-refractivity contribution in [1.29, 1.82) is 0 Å². The third-order valence-corrected chi connectivity index (χ3v) is 7.53. The molecule has 0 saturated heterocycles. The zero-order valence-corrected chi connectivity index (χ0v) is 20.5. The van der Waals surface area contributed by atoms with Crippen molar-refractivity contribution in [2.24, 2.45) is 0 Å². The summed E-state index contributed by atoms with van der Waals surface area (Å²) >= 11 is 0. The van der Waals surface area contributed by atoms with Crippen LogP contribution >= 0.6 is 0 Å². The molecule has 0 aliphatic heterocycles. The number of fused-ring (bicyclic) bond motifs is 9. The lowest BCUT2D eigenvalue weighted by molar-refractivity contribution is 0.669. The number of hydrogen-bond donors (Lipinski definition) is 1. The van der Waals surface area contributed by atoms with Crippen molar-refractivity contribution in [2.75, 3.05) is 5.32 Å². The molecule has 6 aromatic carbocycles. The highest BCUT2D eigenvalue weighted by Gasteiger charge is 2.12. The Hall–Kier alpha value is -5.15. The summed E-state index contributed by atoms with van der Waals surface area (Å²) in [6.45, 7) is 0. The van der Waals surface area contributed by atoms with Gasteiger partial charge in [-0.3, -0.25) is 4.98 Å². The summed E-state index contributed by atoms with van der Waals surface area (Å²) in [6, 6.07) is 40.8. The minimum absolute atomic E-state index is 0.818. The zero-order chi connectivity index (χ0) is 25.1. The first kappa shape index (κ1) is 21.0. The van der Waals surface area contributed by atoms with E-state index in [4.69, 9.17) is 4.42 Å². The van der Waals surface area contributed by atoms with Crippen molar-refractivity contribution in [1.82, 2.24) is 4.98 Å². The van der Waals surface area contributed by atoms with E-state index < -0.39 is 0 Å². The number of benzene rings is 6. The van der Waals surface area contributed by atoms with E-state index in [1.54, 1.807) is 0 Å². The fraction of sp³-hybridized carbons (Fsp3) is 0. The molecule has 0 spiro atoms. The molecule has 38 heavy (non-hydrogen) atoms. The Morgan fingerprint density at radius 1 is 0.474 bits per heavy atom. The summed E-state index contributed by atoms with van der Waals surface area (Å²) in [6.07, 6.45) is 3.68. The summed E-state index contributed by atoms with van der Waals surface area (Å²) in [5.74, 6) is 0. The molecule has 3 nitrogen and oxygen atoms in total. The van der Waals surface area contributed by atoms with Gasteiger partial charge in [0.25, 0.3) is 0 Å². The van der Waals surface area contributed by atoms with Gasteiger partial charge in [-0.1, -0.05) is 91.0 Å². The number of aromatic nitrogens is 1. The summed E-state index contributed by atoms with van der Waals surface area (Å²) in [4.78, 5) is 4.45. The van der Waals surface area contributed by atoms with Gasteiger partial charge in [-0.05, 0) is 67.7 Å². The molecule has 8 aromatic rings. The number of anilines is 2. The molecule has 178 valence electrons. The van der Waals surface area contributed by atoms with E-state index in [0.29, 0.717) is 0 Å². The van der Waals surface area contributed by atoms with Crippen molar-refractivity contribution in [3.63, 3.8) is 0 Å². The standard InChI is InChI=1S/C35H22N2O/c1-2-9-27-25(7-1)26-8-3-4-10-28(26)31-19-23(15-18-29(27)31)22-13-16-24(17-14-22)37-33-21-36-20-32-30-11-5-6-12-34(30)38-35(32)33/h1-21,37H. The van der Waals surface area contributed by atoms with Crippen LogP contribution in [-0.2, 0) is 0 Å². The van der Waals surface area contributed by atoms with E-state index in [1.807, 2.05) is 30.6 Å². The van der Waals surface area contributed by atoms with Gasteiger partial charge in [0.15, 0.2) is 5.58 Å². The molecule has 0 saturated carbocycles. The summed E-state index contributed by atoms with van der Waals surface area (Å²) < 4.78 is 6.15. The van der Waals surface area contributed by atoms with Crippen LogP contribution in [0.4, 0.5) is 11.4 Å². The van der Waals surface area contributed by atoms with Gasteiger partial charge in [0.1, 0.15) is 11.3 Å². The van der Waals surface area contributed by atoms with Gasteiger partial charge < -0.3 is 9.73 Å². The van der Waals surface area contributed by atoms with Crippen molar-refractivity contribution in [2.45, 2.75) is 0 Å². The van der Waals surface area contributed by atoms with E-state index in [1.165, 1.54) is 43.4 Å². The minimum atomic E-state index is 0.818. The van der Waals surface area contributed by atoms with Crippen LogP contribution in [0.15, 0.2) is 132 Å². The Balaban J connectivity index is 1.19. The number of nitrogens with one attached hydrogen (secondary N) is 1. The lowest BCUT2D eigenvalue weighted by atomic mass is 9.92. The van der Waals surface area contributed by atoms with Crippen LogP contribution in [-0.4, -0.2) is 4.98 Å². The van der Waals surface area contributed by atoms with Crippen molar-refractivity contribution < 1.29 is 4.42 Å². The van der Waals surface area contributed by atoms with E-state index in [-0.39, 0.29) is 0 Å². The van der Waals surface area contributed by atoms with E-state index >= 15 is 0 Å². The second-order valence-corrected chi connectivity index (χ2v) is 9.72. The van der Waals surface area contributed by atoms with Gasteiger partial charge in [-0.25, -0.2) is 0 Å². The molecule has 0 aliphatic carbocycles. The molecule has 3 heteroatoms. The van der Waals surface area contributed by atoms with E-state index in [9.17, 15) is 0 Å². The zero-order valence-electron chi connectivity index (χ0n) is 20.5. The highest BCUT2D eigenvalue weighted by Crippen LogP contribution is 2.38. The maximum atomic E-state index is 6.15. The Morgan fingerprint density at radius 2 is 1.05 bits per heavy atom. The first-order chi connectivity index (χ1) is 18.8. The van der Waals surface area contributed by atoms with Crippen molar-refractivity contribution in [3.8, 4) is 11.1 Å². The van der Waals surface area contributed by atoms with Crippen LogP contribution in [0.3, 0.4) is 0 Å².